The average molecular weight is 292 g/mol. The molecule has 5 nitrogen and oxygen atoms in total. The highest BCUT2D eigenvalue weighted by atomic mass is 16.5. The first kappa shape index (κ1) is 17.2. The molecule has 0 saturated heterocycles. The molecule has 0 aliphatic heterocycles. The van der Waals surface area contributed by atoms with Crippen molar-refractivity contribution in [2.45, 2.75) is 33.8 Å². The monoisotopic (exact) mass is 292 g/mol. The number of nitrogens with one attached hydrogen (secondary N) is 1. The lowest BCUT2D eigenvalue weighted by atomic mass is 10.2. The van der Waals surface area contributed by atoms with E-state index in [1.165, 1.54) is 0 Å². The Balaban J connectivity index is 2.68. The first-order valence-corrected chi connectivity index (χ1v) is 7.29. The number of anilines is 1. The van der Waals surface area contributed by atoms with Crippen LogP contribution >= 0.6 is 0 Å². The molecule has 1 N–H and O–H groups in total. The Kier molecular flexibility index (Phi) is 6.88. The van der Waals surface area contributed by atoms with Crippen molar-refractivity contribution in [3.05, 3.63) is 29.8 Å². The molecule has 1 aromatic carbocycles. The zero-order valence-corrected chi connectivity index (χ0v) is 13.2. The molecule has 0 radical (unpaired) electrons. The predicted octanol–water partition coefficient (Wildman–Crippen LogP) is 2.53. The van der Waals surface area contributed by atoms with Gasteiger partial charge in [-0.3, -0.25) is 9.69 Å². The molecule has 0 saturated carbocycles. The van der Waals surface area contributed by atoms with Crippen molar-refractivity contribution >= 4 is 17.6 Å². The van der Waals surface area contributed by atoms with Crippen LogP contribution in [0, 0.1) is 0 Å². The van der Waals surface area contributed by atoms with Crippen LogP contribution < -0.4 is 5.32 Å². The van der Waals surface area contributed by atoms with E-state index >= 15 is 0 Å². The lowest BCUT2D eigenvalue weighted by Crippen LogP contribution is -2.32. The standard InChI is InChI=1S/C16H24N2O3/c1-5-18(6-2)11-15(19)17-14-9-7-8-13(10-14)16(20)21-12(3)4/h7-10,12H,5-6,11H2,1-4H3,(H,17,19). The van der Waals surface area contributed by atoms with Crippen molar-refractivity contribution in [2.24, 2.45) is 0 Å². The average Bonchev–Trinajstić information content (AvgIpc) is 2.44. The number of amides is 1. The minimum absolute atomic E-state index is 0.0897. The minimum Gasteiger partial charge on any atom is -0.459 e. The van der Waals surface area contributed by atoms with Gasteiger partial charge in [0.15, 0.2) is 0 Å². The number of hydrogen-bond donors (Lipinski definition) is 1. The summed E-state index contributed by atoms with van der Waals surface area (Å²) in [6.07, 6.45) is -0.168. The minimum atomic E-state index is -0.384. The van der Waals surface area contributed by atoms with Crippen molar-refractivity contribution in [1.29, 1.82) is 0 Å². The number of esters is 1. The van der Waals surface area contributed by atoms with Gasteiger partial charge in [0.25, 0.3) is 0 Å². The summed E-state index contributed by atoms with van der Waals surface area (Å²) in [6.45, 7) is 9.61. The number of hydrogen-bond acceptors (Lipinski definition) is 4. The van der Waals surface area contributed by atoms with Crippen molar-refractivity contribution in [1.82, 2.24) is 4.90 Å². The molecule has 0 bridgehead atoms. The Morgan fingerprint density at radius 2 is 1.90 bits per heavy atom. The fourth-order valence-electron chi connectivity index (χ4n) is 1.86. The van der Waals surface area contributed by atoms with E-state index in [-0.39, 0.29) is 18.0 Å². The lowest BCUT2D eigenvalue weighted by molar-refractivity contribution is -0.117. The molecule has 1 rings (SSSR count). The third-order valence-electron chi connectivity index (χ3n) is 2.99. The van der Waals surface area contributed by atoms with E-state index in [1.807, 2.05) is 18.7 Å². The fourth-order valence-corrected chi connectivity index (χ4v) is 1.86. The van der Waals surface area contributed by atoms with Gasteiger partial charge in [-0.2, -0.15) is 0 Å². The van der Waals surface area contributed by atoms with Crippen LogP contribution in [0.25, 0.3) is 0 Å². The number of likely N-dealkylation sites (N-methyl/N-ethyl adjacent to an activating group) is 1. The SMILES string of the molecule is CCN(CC)CC(=O)Nc1cccc(C(=O)OC(C)C)c1. The van der Waals surface area contributed by atoms with Crippen LogP contribution in [0.1, 0.15) is 38.1 Å². The molecule has 0 aliphatic rings. The van der Waals surface area contributed by atoms with Gasteiger partial charge in [0.1, 0.15) is 0 Å². The largest absolute Gasteiger partial charge is 0.459 e. The van der Waals surface area contributed by atoms with Gasteiger partial charge in [0.05, 0.1) is 18.2 Å². The van der Waals surface area contributed by atoms with Crippen molar-refractivity contribution < 1.29 is 14.3 Å². The van der Waals surface area contributed by atoms with Crippen molar-refractivity contribution in [3.63, 3.8) is 0 Å². The smallest absolute Gasteiger partial charge is 0.338 e. The predicted molar refractivity (Wildman–Crippen MR) is 83.4 cm³/mol. The quantitative estimate of drug-likeness (QED) is 0.785. The highest BCUT2D eigenvalue weighted by Crippen LogP contribution is 2.12. The molecule has 0 atom stereocenters. The molecule has 0 unspecified atom stereocenters. The molecule has 1 aromatic rings. The molecular weight excluding hydrogens is 268 g/mol. The first-order chi connectivity index (χ1) is 9.96. The molecule has 116 valence electrons. The molecule has 0 spiro atoms. The Morgan fingerprint density at radius 3 is 2.48 bits per heavy atom. The van der Waals surface area contributed by atoms with Gasteiger partial charge >= 0.3 is 5.97 Å². The number of nitrogens with zero attached hydrogens (tertiary/aromatic N) is 1. The zero-order chi connectivity index (χ0) is 15.8. The van der Waals surface area contributed by atoms with Crippen LogP contribution in [0.4, 0.5) is 5.69 Å². The van der Waals surface area contributed by atoms with E-state index in [0.717, 1.165) is 13.1 Å². The normalized spacial score (nSPS) is 10.8. The number of carbonyl (C=O) groups is 2. The summed E-state index contributed by atoms with van der Waals surface area (Å²) < 4.78 is 5.14. The molecule has 5 heteroatoms. The van der Waals surface area contributed by atoms with Crippen LogP contribution in [-0.4, -0.2) is 42.5 Å². The number of ether oxygens (including phenoxy) is 1. The molecule has 0 fully saturated rings. The Morgan fingerprint density at radius 1 is 1.24 bits per heavy atom. The molecule has 0 aliphatic carbocycles. The van der Waals surface area contributed by atoms with E-state index < -0.39 is 0 Å². The number of carbonyl (C=O) groups excluding carboxylic acids is 2. The van der Waals surface area contributed by atoms with E-state index in [9.17, 15) is 9.59 Å². The second-order valence-corrected chi connectivity index (χ2v) is 5.04. The van der Waals surface area contributed by atoms with Crippen LogP contribution in [0.2, 0.25) is 0 Å². The zero-order valence-electron chi connectivity index (χ0n) is 13.2. The summed E-state index contributed by atoms with van der Waals surface area (Å²) in [4.78, 5) is 25.8. The maximum absolute atomic E-state index is 11.9. The second-order valence-electron chi connectivity index (χ2n) is 5.04. The van der Waals surface area contributed by atoms with Crippen LogP contribution in [0.5, 0.6) is 0 Å². The van der Waals surface area contributed by atoms with E-state index in [0.29, 0.717) is 17.8 Å². The highest BCUT2D eigenvalue weighted by molar-refractivity contribution is 5.95. The van der Waals surface area contributed by atoms with E-state index in [2.05, 4.69) is 5.32 Å². The van der Waals surface area contributed by atoms with Crippen molar-refractivity contribution in [3.8, 4) is 0 Å². The Labute approximate surface area is 126 Å². The van der Waals surface area contributed by atoms with Crippen LogP contribution in [0.15, 0.2) is 24.3 Å². The van der Waals surface area contributed by atoms with Gasteiger partial charge in [0, 0.05) is 5.69 Å². The maximum atomic E-state index is 11.9. The topological polar surface area (TPSA) is 58.6 Å². The van der Waals surface area contributed by atoms with Gasteiger partial charge in [-0.25, -0.2) is 4.79 Å². The molecule has 21 heavy (non-hydrogen) atoms. The maximum Gasteiger partial charge on any atom is 0.338 e. The van der Waals surface area contributed by atoms with E-state index in [4.69, 9.17) is 4.74 Å². The third-order valence-corrected chi connectivity index (χ3v) is 2.99. The molecule has 1 amide bonds. The van der Waals surface area contributed by atoms with Gasteiger partial charge in [0.2, 0.25) is 5.91 Å². The van der Waals surface area contributed by atoms with Crippen molar-refractivity contribution in [2.75, 3.05) is 25.0 Å². The lowest BCUT2D eigenvalue weighted by Gasteiger charge is -2.17. The summed E-state index contributed by atoms with van der Waals surface area (Å²) in [5.74, 6) is -0.474. The summed E-state index contributed by atoms with van der Waals surface area (Å²) in [6, 6.07) is 6.78. The van der Waals surface area contributed by atoms with Crippen LogP contribution in [0.3, 0.4) is 0 Å². The molecular formula is C16H24N2O3. The fraction of sp³-hybridized carbons (Fsp3) is 0.500. The number of benzene rings is 1. The summed E-state index contributed by atoms with van der Waals surface area (Å²) in [5, 5.41) is 2.80. The summed E-state index contributed by atoms with van der Waals surface area (Å²) in [7, 11) is 0. The Bertz CT molecular complexity index is 482. The summed E-state index contributed by atoms with van der Waals surface area (Å²) in [5.41, 5.74) is 1.04. The first-order valence-electron chi connectivity index (χ1n) is 7.29. The molecule has 0 heterocycles. The van der Waals surface area contributed by atoms with Gasteiger partial charge < -0.3 is 10.1 Å². The molecule has 0 aromatic heterocycles. The van der Waals surface area contributed by atoms with Crippen LogP contribution in [-0.2, 0) is 9.53 Å². The Hall–Kier alpha value is -1.88. The second kappa shape index (κ2) is 8.42. The van der Waals surface area contributed by atoms with Gasteiger partial charge in [-0.15, -0.1) is 0 Å². The van der Waals surface area contributed by atoms with Gasteiger partial charge in [-0.05, 0) is 45.1 Å². The number of rotatable bonds is 7. The van der Waals surface area contributed by atoms with E-state index in [1.54, 1.807) is 38.1 Å². The van der Waals surface area contributed by atoms with Gasteiger partial charge in [-0.1, -0.05) is 19.9 Å². The summed E-state index contributed by atoms with van der Waals surface area (Å²) >= 11 is 0. The third kappa shape index (κ3) is 5.95. The highest BCUT2D eigenvalue weighted by Gasteiger charge is 2.11.